The van der Waals surface area contributed by atoms with Crippen LogP contribution in [0.2, 0.25) is 0 Å². The van der Waals surface area contributed by atoms with Gasteiger partial charge >= 0.3 is 0 Å². The van der Waals surface area contributed by atoms with E-state index in [-0.39, 0.29) is 24.4 Å². The van der Waals surface area contributed by atoms with Crippen LogP contribution in [0, 0.1) is 5.92 Å². The summed E-state index contributed by atoms with van der Waals surface area (Å²) < 4.78 is 20.8. The summed E-state index contributed by atoms with van der Waals surface area (Å²) in [6, 6.07) is 0. The zero-order valence-electron chi connectivity index (χ0n) is 14.3. The lowest BCUT2D eigenvalue weighted by atomic mass is 10.0. The molecule has 25 heavy (non-hydrogen) atoms. The van der Waals surface area contributed by atoms with Crippen molar-refractivity contribution in [1.82, 2.24) is 29.1 Å². The van der Waals surface area contributed by atoms with Crippen molar-refractivity contribution in [3.05, 3.63) is 31.4 Å². The van der Waals surface area contributed by atoms with E-state index in [1.807, 2.05) is 15.3 Å². The molecule has 3 aromatic rings. The summed E-state index contributed by atoms with van der Waals surface area (Å²) in [6.07, 6.45) is 8.04. The fraction of sp³-hybridized carbons (Fsp3) is 0.500. The summed E-state index contributed by atoms with van der Waals surface area (Å²) in [5, 5.41) is 0. The fourth-order valence-corrected chi connectivity index (χ4v) is 3.46. The van der Waals surface area contributed by atoms with Crippen LogP contribution in [0.15, 0.2) is 31.4 Å². The van der Waals surface area contributed by atoms with Gasteiger partial charge in [0, 0.05) is 32.5 Å². The summed E-state index contributed by atoms with van der Waals surface area (Å²) in [7, 11) is 3.35. The van der Waals surface area contributed by atoms with Crippen molar-refractivity contribution in [1.29, 1.82) is 0 Å². The zero-order valence-corrected chi connectivity index (χ0v) is 14.3. The number of fused-ring (bicyclic) bond motifs is 1. The molecule has 1 aliphatic rings. The largest absolute Gasteiger partial charge is 0.382 e. The molecule has 3 aromatic heterocycles. The summed E-state index contributed by atoms with van der Waals surface area (Å²) in [5.41, 5.74) is 1.41. The van der Waals surface area contributed by atoms with Gasteiger partial charge in [0.05, 0.1) is 19.0 Å². The average molecular weight is 344 g/mol. The van der Waals surface area contributed by atoms with Gasteiger partial charge in [-0.3, -0.25) is 9.13 Å². The van der Waals surface area contributed by atoms with Gasteiger partial charge in [-0.2, -0.15) is 0 Å². The predicted molar refractivity (Wildman–Crippen MR) is 88.2 cm³/mol. The van der Waals surface area contributed by atoms with Crippen LogP contribution in [0.25, 0.3) is 17.0 Å². The molecule has 1 aliphatic heterocycles. The minimum Gasteiger partial charge on any atom is -0.382 e. The maximum Gasteiger partial charge on any atom is 0.169 e. The van der Waals surface area contributed by atoms with Crippen molar-refractivity contribution in [2.75, 3.05) is 20.8 Å². The summed E-state index contributed by atoms with van der Waals surface area (Å²) >= 11 is 0. The first-order valence-electron chi connectivity index (χ1n) is 8.07. The van der Waals surface area contributed by atoms with E-state index in [0.717, 1.165) is 0 Å². The Bertz CT molecular complexity index is 849. The van der Waals surface area contributed by atoms with Crippen LogP contribution in [-0.2, 0) is 14.2 Å². The Kier molecular flexibility index (Phi) is 4.20. The van der Waals surface area contributed by atoms with E-state index in [2.05, 4.69) is 26.9 Å². The van der Waals surface area contributed by atoms with E-state index < -0.39 is 0 Å². The van der Waals surface area contributed by atoms with Crippen molar-refractivity contribution in [2.24, 2.45) is 5.92 Å². The maximum absolute atomic E-state index is 6.19. The number of ether oxygens (including phenoxy) is 3. The molecule has 0 spiro atoms. The Morgan fingerprint density at radius 1 is 1.20 bits per heavy atom. The maximum atomic E-state index is 6.19. The molecule has 4 atom stereocenters. The number of hydrogen-bond acceptors (Lipinski definition) is 7. The fourth-order valence-electron chi connectivity index (χ4n) is 3.46. The Balaban J connectivity index is 1.74. The lowest BCUT2D eigenvalue weighted by Gasteiger charge is -2.19. The molecule has 1 saturated heterocycles. The van der Waals surface area contributed by atoms with Gasteiger partial charge in [-0.1, -0.05) is 6.92 Å². The molecule has 0 aromatic carbocycles. The van der Waals surface area contributed by atoms with E-state index >= 15 is 0 Å². The van der Waals surface area contributed by atoms with Gasteiger partial charge in [0.1, 0.15) is 25.0 Å². The molecule has 1 fully saturated rings. The molecule has 0 bridgehead atoms. The Morgan fingerprint density at radius 3 is 2.80 bits per heavy atom. The van der Waals surface area contributed by atoms with Crippen molar-refractivity contribution in [3.8, 4) is 5.82 Å². The molecule has 4 heterocycles. The summed E-state index contributed by atoms with van der Waals surface area (Å²) in [6.45, 7) is 2.57. The second kappa shape index (κ2) is 6.51. The van der Waals surface area contributed by atoms with Crippen LogP contribution < -0.4 is 0 Å². The van der Waals surface area contributed by atoms with Crippen molar-refractivity contribution in [2.45, 2.75) is 25.4 Å². The quantitative estimate of drug-likeness (QED) is 0.687. The third-order valence-corrected chi connectivity index (χ3v) is 4.61. The molecule has 0 aliphatic carbocycles. The first-order chi connectivity index (χ1) is 12.2. The van der Waals surface area contributed by atoms with Gasteiger partial charge in [0.2, 0.25) is 0 Å². The highest BCUT2D eigenvalue weighted by molar-refractivity contribution is 5.78. The van der Waals surface area contributed by atoms with E-state index in [0.29, 0.717) is 23.6 Å². The Labute approximate surface area is 144 Å². The number of methoxy groups -OCH3 is 2. The summed E-state index contributed by atoms with van der Waals surface area (Å²) in [4.78, 5) is 17.3. The molecule has 0 amide bonds. The number of aromatic nitrogens is 6. The normalized spacial score (nSPS) is 26.5. The topological polar surface area (TPSA) is 89.1 Å². The predicted octanol–water partition coefficient (Wildman–Crippen LogP) is 1.21. The SMILES string of the molecule is COC[C@H]1O[C@@H](n2cnc3c(-n4ccnc4)ncnc32)C(C)C1OC. The average Bonchev–Trinajstić information content (AvgIpc) is 3.34. The standard InChI is InChI=1S/C16H20N6O3/c1-10-13(24-3)11(6-23-2)25-16(10)22-9-20-12-14(18-7-19-15(12)22)21-5-4-17-8-21/h4-5,7-11,13,16H,6H2,1-3H3/t10?,11-,13?,16-/m1/s1. The van der Waals surface area contributed by atoms with Gasteiger partial charge in [0.15, 0.2) is 17.0 Å². The van der Waals surface area contributed by atoms with Gasteiger partial charge in [-0.15, -0.1) is 0 Å². The molecule has 9 heteroatoms. The van der Waals surface area contributed by atoms with Crippen molar-refractivity contribution < 1.29 is 14.2 Å². The van der Waals surface area contributed by atoms with E-state index in [4.69, 9.17) is 14.2 Å². The minimum absolute atomic E-state index is 0.0580. The Morgan fingerprint density at radius 2 is 2.08 bits per heavy atom. The van der Waals surface area contributed by atoms with Crippen molar-refractivity contribution >= 4 is 11.2 Å². The number of imidazole rings is 2. The van der Waals surface area contributed by atoms with Crippen LogP contribution in [0.4, 0.5) is 0 Å². The van der Waals surface area contributed by atoms with E-state index in [1.54, 1.807) is 33.1 Å². The van der Waals surface area contributed by atoms with Gasteiger partial charge in [0.25, 0.3) is 0 Å². The lowest BCUT2D eigenvalue weighted by Crippen LogP contribution is -2.31. The van der Waals surface area contributed by atoms with Crippen LogP contribution in [-0.4, -0.2) is 62.1 Å². The smallest absolute Gasteiger partial charge is 0.169 e. The van der Waals surface area contributed by atoms with E-state index in [1.165, 1.54) is 6.33 Å². The highest BCUT2D eigenvalue weighted by Crippen LogP contribution is 2.37. The van der Waals surface area contributed by atoms with Crippen LogP contribution in [0.1, 0.15) is 13.2 Å². The summed E-state index contributed by atoms with van der Waals surface area (Å²) in [5.74, 6) is 0.804. The molecule has 2 unspecified atom stereocenters. The van der Waals surface area contributed by atoms with E-state index in [9.17, 15) is 0 Å². The van der Waals surface area contributed by atoms with Gasteiger partial charge < -0.3 is 14.2 Å². The van der Waals surface area contributed by atoms with Crippen LogP contribution in [0.5, 0.6) is 0 Å². The molecule has 0 radical (unpaired) electrons. The van der Waals surface area contributed by atoms with Gasteiger partial charge in [-0.05, 0) is 0 Å². The number of nitrogens with zero attached hydrogens (tertiary/aromatic N) is 6. The second-order valence-corrected chi connectivity index (χ2v) is 6.07. The third-order valence-electron chi connectivity index (χ3n) is 4.61. The minimum atomic E-state index is -0.236. The number of hydrogen-bond donors (Lipinski definition) is 0. The van der Waals surface area contributed by atoms with Crippen LogP contribution >= 0.6 is 0 Å². The molecule has 9 nitrogen and oxygen atoms in total. The molecule has 132 valence electrons. The first kappa shape index (κ1) is 16.1. The monoisotopic (exact) mass is 344 g/mol. The second-order valence-electron chi connectivity index (χ2n) is 6.07. The highest BCUT2D eigenvalue weighted by Gasteiger charge is 2.43. The Hall–Kier alpha value is -2.36. The number of rotatable bonds is 5. The highest BCUT2D eigenvalue weighted by atomic mass is 16.6. The lowest BCUT2D eigenvalue weighted by molar-refractivity contribution is -0.0600. The molecule has 4 rings (SSSR count). The van der Waals surface area contributed by atoms with Crippen molar-refractivity contribution in [3.63, 3.8) is 0 Å². The third kappa shape index (κ3) is 2.60. The molecule has 0 saturated carbocycles. The molecular formula is C16H20N6O3. The molecule has 0 N–H and O–H groups in total. The molecular weight excluding hydrogens is 324 g/mol. The zero-order chi connectivity index (χ0) is 17.4. The first-order valence-corrected chi connectivity index (χ1v) is 8.07. The van der Waals surface area contributed by atoms with Crippen LogP contribution in [0.3, 0.4) is 0 Å². The van der Waals surface area contributed by atoms with Gasteiger partial charge in [-0.25, -0.2) is 19.9 Å².